The van der Waals surface area contributed by atoms with Gasteiger partial charge in [-0.2, -0.15) is 0 Å². The zero-order valence-corrected chi connectivity index (χ0v) is 12.7. The first-order chi connectivity index (χ1) is 11.0. The van der Waals surface area contributed by atoms with Gasteiger partial charge in [0.25, 0.3) is 17.2 Å². The Morgan fingerprint density at radius 1 is 1.39 bits per heavy atom. The van der Waals surface area contributed by atoms with Gasteiger partial charge in [0.05, 0.1) is 4.92 Å². The van der Waals surface area contributed by atoms with Crippen molar-refractivity contribution < 1.29 is 9.72 Å². The second-order valence-electron chi connectivity index (χ2n) is 4.70. The number of aromatic nitrogens is 2. The van der Waals surface area contributed by atoms with Crippen molar-refractivity contribution in [3.63, 3.8) is 0 Å². The highest BCUT2D eigenvalue weighted by Gasteiger charge is 2.19. The summed E-state index contributed by atoms with van der Waals surface area (Å²) in [5, 5.41) is 15.1. The molecule has 0 spiro atoms. The summed E-state index contributed by atoms with van der Waals surface area (Å²) >= 11 is 1.29. The Bertz CT molecular complexity index is 992. The molecule has 0 fully saturated rings. The third kappa shape index (κ3) is 2.57. The molecule has 1 aromatic carbocycles. The second kappa shape index (κ2) is 5.61. The van der Waals surface area contributed by atoms with Gasteiger partial charge in [-0.3, -0.25) is 24.1 Å². The maximum absolute atomic E-state index is 12.4. The molecule has 0 atom stereocenters. The average Bonchev–Trinajstić information content (AvgIpc) is 2.90. The topological polar surface area (TPSA) is 107 Å². The number of amides is 1. The number of benzene rings is 1. The largest absolute Gasteiger partial charge is 0.316 e. The summed E-state index contributed by atoms with van der Waals surface area (Å²) in [6, 6.07) is 5.72. The molecule has 1 amide bonds. The summed E-state index contributed by atoms with van der Waals surface area (Å²) in [5.41, 5.74) is -0.245. The summed E-state index contributed by atoms with van der Waals surface area (Å²) in [5.74, 6) is -0.739. The number of rotatable bonds is 3. The van der Waals surface area contributed by atoms with Crippen LogP contribution < -0.4 is 10.9 Å². The predicted octanol–water partition coefficient (Wildman–Crippen LogP) is 2.22. The van der Waals surface area contributed by atoms with Gasteiger partial charge >= 0.3 is 0 Å². The molecule has 2 aromatic heterocycles. The number of carbonyl (C=O) groups is 1. The molecule has 116 valence electrons. The van der Waals surface area contributed by atoms with Crippen LogP contribution in [-0.2, 0) is 0 Å². The number of hydrogen-bond donors (Lipinski definition) is 1. The number of anilines is 1. The summed E-state index contributed by atoms with van der Waals surface area (Å²) in [4.78, 5) is 39.6. The molecule has 2 heterocycles. The van der Waals surface area contributed by atoms with E-state index in [2.05, 4.69) is 10.3 Å². The Morgan fingerprint density at radius 2 is 2.13 bits per heavy atom. The molecule has 3 rings (SSSR count). The van der Waals surface area contributed by atoms with E-state index in [1.807, 2.05) is 0 Å². The quantitative estimate of drug-likeness (QED) is 0.585. The maximum atomic E-state index is 12.4. The van der Waals surface area contributed by atoms with Crippen LogP contribution in [0.2, 0.25) is 0 Å². The Labute approximate surface area is 133 Å². The van der Waals surface area contributed by atoms with Crippen LogP contribution >= 0.6 is 11.3 Å². The SMILES string of the molecule is Cc1csc2ncc(C(=O)Nc3ccccc3[N+](=O)[O-])c(=O)n12. The number of para-hydroxylation sites is 2. The molecule has 0 aliphatic carbocycles. The minimum Gasteiger partial charge on any atom is -0.316 e. The molecule has 8 nitrogen and oxygen atoms in total. The molecule has 0 saturated heterocycles. The fraction of sp³-hybridized carbons (Fsp3) is 0.0714. The molecular formula is C14H10N4O4S. The maximum Gasteiger partial charge on any atom is 0.292 e. The van der Waals surface area contributed by atoms with E-state index in [1.54, 1.807) is 18.4 Å². The lowest BCUT2D eigenvalue weighted by atomic mass is 10.2. The average molecular weight is 330 g/mol. The molecule has 3 aromatic rings. The van der Waals surface area contributed by atoms with Crippen LogP contribution in [0.3, 0.4) is 0 Å². The predicted molar refractivity (Wildman–Crippen MR) is 85.1 cm³/mol. The van der Waals surface area contributed by atoms with Gasteiger partial charge in [0, 0.05) is 23.3 Å². The normalized spacial score (nSPS) is 10.7. The third-order valence-corrected chi connectivity index (χ3v) is 4.17. The molecular weight excluding hydrogens is 320 g/mol. The number of aryl methyl sites for hydroxylation is 1. The number of nitro benzene ring substituents is 1. The number of carbonyl (C=O) groups excluding carboxylic acids is 1. The standard InChI is InChI=1S/C14H10N4O4S/c1-8-7-23-14-15-6-9(13(20)17(8)14)12(19)16-10-4-2-3-5-11(10)18(21)22/h2-7H,1H3,(H,16,19). The van der Waals surface area contributed by atoms with Crippen molar-refractivity contribution in [1.82, 2.24) is 9.38 Å². The lowest BCUT2D eigenvalue weighted by Crippen LogP contribution is -2.26. The van der Waals surface area contributed by atoms with E-state index >= 15 is 0 Å². The smallest absolute Gasteiger partial charge is 0.292 e. The molecule has 0 saturated carbocycles. The van der Waals surface area contributed by atoms with Gasteiger partial charge in [0.15, 0.2) is 4.96 Å². The zero-order chi connectivity index (χ0) is 16.6. The van der Waals surface area contributed by atoms with Crippen LogP contribution in [0.5, 0.6) is 0 Å². The lowest BCUT2D eigenvalue weighted by molar-refractivity contribution is -0.383. The first-order valence-electron chi connectivity index (χ1n) is 6.49. The number of nitrogens with zero attached hydrogens (tertiary/aromatic N) is 3. The first-order valence-corrected chi connectivity index (χ1v) is 7.37. The molecule has 0 bridgehead atoms. The van der Waals surface area contributed by atoms with E-state index in [9.17, 15) is 19.7 Å². The van der Waals surface area contributed by atoms with Crippen molar-refractivity contribution >= 4 is 33.6 Å². The van der Waals surface area contributed by atoms with Crippen LogP contribution in [0.15, 0.2) is 40.6 Å². The molecule has 0 aliphatic rings. The van der Waals surface area contributed by atoms with Gasteiger partial charge in [-0.1, -0.05) is 12.1 Å². The number of fused-ring (bicyclic) bond motifs is 1. The Morgan fingerprint density at radius 3 is 2.87 bits per heavy atom. The Hall–Kier alpha value is -3.07. The minimum absolute atomic E-state index is 0.0223. The Balaban J connectivity index is 2.02. The Kier molecular flexibility index (Phi) is 3.62. The summed E-state index contributed by atoms with van der Waals surface area (Å²) < 4.78 is 1.33. The molecule has 0 unspecified atom stereocenters. The minimum atomic E-state index is -0.739. The van der Waals surface area contributed by atoms with Crippen LogP contribution in [-0.4, -0.2) is 20.2 Å². The van der Waals surface area contributed by atoms with E-state index in [-0.39, 0.29) is 16.9 Å². The van der Waals surface area contributed by atoms with Gasteiger partial charge in [0.1, 0.15) is 11.3 Å². The van der Waals surface area contributed by atoms with Crippen molar-refractivity contribution in [3.05, 3.63) is 67.6 Å². The highest BCUT2D eigenvalue weighted by molar-refractivity contribution is 7.15. The number of thiazole rings is 1. The summed E-state index contributed by atoms with van der Waals surface area (Å²) in [7, 11) is 0. The van der Waals surface area contributed by atoms with E-state index in [0.29, 0.717) is 10.7 Å². The van der Waals surface area contributed by atoms with E-state index in [1.165, 1.54) is 40.1 Å². The fourth-order valence-electron chi connectivity index (χ4n) is 2.11. The number of nitro groups is 1. The monoisotopic (exact) mass is 330 g/mol. The molecule has 0 aliphatic heterocycles. The van der Waals surface area contributed by atoms with Crippen molar-refractivity contribution in [2.75, 3.05) is 5.32 Å². The van der Waals surface area contributed by atoms with Crippen molar-refractivity contribution in [2.45, 2.75) is 6.92 Å². The van der Waals surface area contributed by atoms with E-state index < -0.39 is 16.4 Å². The van der Waals surface area contributed by atoms with Gasteiger partial charge in [0.2, 0.25) is 0 Å². The summed E-state index contributed by atoms with van der Waals surface area (Å²) in [6.07, 6.45) is 1.18. The van der Waals surface area contributed by atoms with Crippen LogP contribution in [0, 0.1) is 17.0 Å². The molecule has 23 heavy (non-hydrogen) atoms. The first kappa shape index (κ1) is 14.9. The van der Waals surface area contributed by atoms with Gasteiger partial charge < -0.3 is 5.32 Å². The highest BCUT2D eigenvalue weighted by atomic mass is 32.1. The van der Waals surface area contributed by atoms with Crippen LogP contribution in [0.25, 0.3) is 4.96 Å². The van der Waals surface area contributed by atoms with Crippen LogP contribution in [0.1, 0.15) is 16.1 Å². The lowest BCUT2D eigenvalue weighted by Gasteiger charge is -2.05. The number of nitrogens with one attached hydrogen (secondary N) is 1. The highest BCUT2D eigenvalue weighted by Crippen LogP contribution is 2.23. The summed E-state index contributed by atoms with van der Waals surface area (Å²) in [6.45, 7) is 1.73. The van der Waals surface area contributed by atoms with Crippen molar-refractivity contribution in [3.8, 4) is 0 Å². The van der Waals surface area contributed by atoms with E-state index in [0.717, 1.165) is 0 Å². The van der Waals surface area contributed by atoms with Gasteiger partial charge in [-0.15, -0.1) is 11.3 Å². The van der Waals surface area contributed by atoms with Crippen molar-refractivity contribution in [2.24, 2.45) is 0 Å². The van der Waals surface area contributed by atoms with Gasteiger partial charge in [-0.05, 0) is 13.0 Å². The van der Waals surface area contributed by atoms with Crippen molar-refractivity contribution in [1.29, 1.82) is 0 Å². The molecule has 1 N–H and O–H groups in total. The third-order valence-electron chi connectivity index (χ3n) is 3.21. The fourth-order valence-corrected chi connectivity index (χ4v) is 2.94. The van der Waals surface area contributed by atoms with E-state index in [4.69, 9.17) is 0 Å². The van der Waals surface area contributed by atoms with Crippen LogP contribution in [0.4, 0.5) is 11.4 Å². The molecule has 0 radical (unpaired) electrons. The molecule has 9 heteroatoms. The number of hydrogen-bond acceptors (Lipinski definition) is 6. The van der Waals surface area contributed by atoms with Gasteiger partial charge in [-0.25, -0.2) is 4.98 Å². The second-order valence-corrected chi connectivity index (χ2v) is 5.54. The zero-order valence-electron chi connectivity index (χ0n) is 11.8.